The summed E-state index contributed by atoms with van der Waals surface area (Å²) in [5.41, 5.74) is 3.40. The Morgan fingerprint density at radius 1 is 1.04 bits per heavy atom. The second kappa shape index (κ2) is 10.7. The fourth-order valence-corrected chi connectivity index (χ4v) is 2.02. The molecular formula is C19H28N2O2. The van der Waals surface area contributed by atoms with E-state index in [0.29, 0.717) is 24.6 Å². The first-order valence-corrected chi connectivity index (χ1v) is 8.52. The Hall–Kier alpha value is -1.97. The molecule has 4 heteroatoms. The number of carbonyl (C=O) groups is 1. The molecule has 0 saturated carbocycles. The minimum Gasteiger partial charge on any atom is -0.421 e. The van der Waals surface area contributed by atoms with E-state index in [-0.39, 0.29) is 0 Å². The van der Waals surface area contributed by atoms with Gasteiger partial charge in [-0.25, -0.2) is 0 Å². The normalized spacial score (nSPS) is 10.1. The van der Waals surface area contributed by atoms with Crippen LogP contribution in [0.3, 0.4) is 0 Å². The molecule has 2 rings (SSSR count). The van der Waals surface area contributed by atoms with Gasteiger partial charge >= 0.3 is 0 Å². The van der Waals surface area contributed by atoms with Gasteiger partial charge in [0, 0.05) is 18.4 Å². The van der Waals surface area contributed by atoms with Crippen molar-refractivity contribution in [3.05, 3.63) is 35.2 Å². The SMILES string of the molecule is CCCC.CCCc1ccc(C)cc1-c1nnc(CCC=O)o1. The molecule has 0 saturated heterocycles. The van der Waals surface area contributed by atoms with Crippen molar-refractivity contribution in [2.24, 2.45) is 0 Å². The predicted octanol–water partition coefficient (Wildman–Crippen LogP) is 4.94. The lowest BCUT2D eigenvalue weighted by Crippen LogP contribution is -1.91. The van der Waals surface area contributed by atoms with E-state index in [1.807, 2.05) is 6.92 Å². The fourth-order valence-electron chi connectivity index (χ4n) is 2.02. The van der Waals surface area contributed by atoms with Crippen LogP contribution in [0, 0.1) is 6.92 Å². The summed E-state index contributed by atoms with van der Waals surface area (Å²) in [5.74, 6) is 1.07. The lowest BCUT2D eigenvalue weighted by atomic mass is 10.0. The molecular weight excluding hydrogens is 288 g/mol. The quantitative estimate of drug-likeness (QED) is 0.679. The van der Waals surface area contributed by atoms with Gasteiger partial charge in [0.1, 0.15) is 6.29 Å². The molecule has 23 heavy (non-hydrogen) atoms. The zero-order valence-electron chi connectivity index (χ0n) is 14.8. The number of aryl methyl sites for hydroxylation is 3. The van der Waals surface area contributed by atoms with Gasteiger partial charge in [-0.15, -0.1) is 10.2 Å². The molecule has 1 aromatic carbocycles. The Kier molecular flexibility index (Phi) is 8.88. The third kappa shape index (κ3) is 6.35. The topological polar surface area (TPSA) is 56.0 Å². The van der Waals surface area contributed by atoms with Crippen LogP contribution < -0.4 is 0 Å². The van der Waals surface area contributed by atoms with Crippen molar-refractivity contribution in [1.29, 1.82) is 0 Å². The maximum atomic E-state index is 10.3. The van der Waals surface area contributed by atoms with Crippen LogP contribution in [0.15, 0.2) is 22.6 Å². The highest BCUT2D eigenvalue weighted by Crippen LogP contribution is 2.25. The fraction of sp³-hybridized carbons (Fsp3) is 0.526. The third-order valence-corrected chi connectivity index (χ3v) is 3.46. The number of aromatic nitrogens is 2. The second-order valence-corrected chi connectivity index (χ2v) is 5.62. The van der Waals surface area contributed by atoms with E-state index < -0.39 is 0 Å². The number of hydrogen-bond acceptors (Lipinski definition) is 4. The number of benzene rings is 1. The first-order valence-electron chi connectivity index (χ1n) is 8.52. The molecule has 0 amide bonds. The predicted molar refractivity (Wildman–Crippen MR) is 93.4 cm³/mol. The molecule has 0 bridgehead atoms. The minimum absolute atomic E-state index is 0.414. The summed E-state index contributed by atoms with van der Waals surface area (Å²) in [6, 6.07) is 6.28. The number of nitrogens with zero attached hydrogens (tertiary/aromatic N) is 2. The second-order valence-electron chi connectivity index (χ2n) is 5.62. The van der Waals surface area contributed by atoms with Gasteiger partial charge in [0.25, 0.3) is 0 Å². The van der Waals surface area contributed by atoms with Crippen molar-refractivity contribution in [3.8, 4) is 11.5 Å². The van der Waals surface area contributed by atoms with Gasteiger partial charge in [-0.1, -0.05) is 57.7 Å². The highest BCUT2D eigenvalue weighted by molar-refractivity contribution is 5.59. The standard InChI is InChI=1S/C15H18N2O2.C4H10/c1-3-5-12-8-7-11(2)10-13(12)15-17-16-14(19-15)6-4-9-18;1-3-4-2/h7-10H,3-6H2,1-2H3;3-4H2,1-2H3. The average Bonchev–Trinajstić information content (AvgIpc) is 3.03. The highest BCUT2D eigenvalue weighted by atomic mass is 16.4. The molecule has 0 aliphatic carbocycles. The molecule has 0 radical (unpaired) electrons. The maximum absolute atomic E-state index is 10.3. The number of aldehydes is 1. The Labute approximate surface area is 139 Å². The lowest BCUT2D eigenvalue weighted by Gasteiger charge is -2.06. The Morgan fingerprint density at radius 2 is 1.78 bits per heavy atom. The summed E-state index contributed by atoms with van der Waals surface area (Å²) in [6.07, 6.45) is 6.48. The van der Waals surface area contributed by atoms with E-state index in [4.69, 9.17) is 4.42 Å². The summed E-state index contributed by atoms with van der Waals surface area (Å²) in [7, 11) is 0. The van der Waals surface area contributed by atoms with Gasteiger partial charge in [-0.2, -0.15) is 0 Å². The van der Waals surface area contributed by atoms with Crippen LogP contribution in [0.4, 0.5) is 0 Å². The van der Waals surface area contributed by atoms with Crippen LogP contribution in [0.1, 0.15) is 63.5 Å². The first kappa shape index (κ1) is 19.1. The summed E-state index contributed by atoms with van der Waals surface area (Å²) in [6.45, 7) is 8.55. The molecule has 0 unspecified atom stereocenters. The molecule has 0 fully saturated rings. The highest BCUT2D eigenvalue weighted by Gasteiger charge is 2.12. The van der Waals surface area contributed by atoms with Crippen molar-refractivity contribution in [2.75, 3.05) is 0 Å². The van der Waals surface area contributed by atoms with Crippen LogP contribution in [0.2, 0.25) is 0 Å². The van der Waals surface area contributed by atoms with Gasteiger partial charge in [-0.3, -0.25) is 0 Å². The molecule has 0 N–H and O–H groups in total. The molecule has 0 atom stereocenters. The van der Waals surface area contributed by atoms with Crippen LogP contribution >= 0.6 is 0 Å². The van der Waals surface area contributed by atoms with Crippen LogP contribution in [0.25, 0.3) is 11.5 Å². The molecule has 1 aromatic heterocycles. The molecule has 126 valence electrons. The smallest absolute Gasteiger partial charge is 0.248 e. The van der Waals surface area contributed by atoms with Crippen LogP contribution in [-0.2, 0) is 17.6 Å². The zero-order valence-corrected chi connectivity index (χ0v) is 14.8. The number of rotatable bonds is 7. The molecule has 0 aliphatic rings. The number of hydrogen-bond donors (Lipinski definition) is 0. The first-order chi connectivity index (χ1) is 11.2. The largest absolute Gasteiger partial charge is 0.421 e. The van der Waals surface area contributed by atoms with E-state index >= 15 is 0 Å². The zero-order chi connectivity index (χ0) is 17.1. The number of carbonyl (C=O) groups excluding carboxylic acids is 1. The van der Waals surface area contributed by atoms with Crippen molar-refractivity contribution >= 4 is 6.29 Å². The van der Waals surface area contributed by atoms with Gasteiger partial charge in [-0.05, 0) is 25.0 Å². The summed E-state index contributed by atoms with van der Waals surface area (Å²) in [5, 5.41) is 8.08. The summed E-state index contributed by atoms with van der Waals surface area (Å²) < 4.78 is 5.63. The molecule has 2 aromatic rings. The van der Waals surface area contributed by atoms with E-state index in [1.165, 1.54) is 24.0 Å². The van der Waals surface area contributed by atoms with E-state index in [9.17, 15) is 4.79 Å². The molecule has 0 aliphatic heterocycles. The monoisotopic (exact) mass is 316 g/mol. The van der Waals surface area contributed by atoms with Crippen molar-refractivity contribution in [3.63, 3.8) is 0 Å². The van der Waals surface area contributed by atoms with Gasteiger partial charge < -0.3 is 9.21 Å². The summed E-state index contributed by atoms with van der Waals surface area (Å²) in [4.78, 5) is 10.3. The van der Waals surface area contributed by atoms with Crippen LogP contribution in [0.5, 0.6) is 0 Å². The number of unbranched alkanes of at least 4 members (excludes halogenated alkanes) is 1. The molecule has 0 spiro atoms. The van der Waals surface area contributed by atoms with E-state index in [0.717, 1.165) is 24.7 Å². The van der Waals surface area contributed by atoms with Crippen molar-refractivity contribution < 1.29 is 9.21 Å². The van der Waals surface area contributed by atoms with E-state index in [2.05, 4.69) is 49.2 Å². The van der Waals surface area contributed by atoms with E-state index in [1.54, 1.807) is 0 Å². The molecule has 1 heterocycles. The Morgan fingerprint density at radius 3 is 2.39 bits per heavy atom. The third-order valence-electron chi connectivity index (χ3n) is 3.46. The average molecular weight is 316 g/mol. The van der Waals surface area contributed by atoms with Crippen molar-refractivity contribution in [1.82, 2.24) is 10.2 Å². The summed E-state index contributed by atoms with van der Waals surface area (Å²) >= 11 is 0. The Balaban J connectivity index is 0.000000593. The lowest BCUT2D eigenvalue weighted by molar-refractivity contribution is -0.107. The molecule has 4 nitrogen and oxygen atoms in total. The van der Waals surface area contributed by atoms with Crippen molar-refractivity contribution in [2.45, 2.75) is 66.2 Å². The maximum Gasteiger partial charge on any atom is 0.248 e. The minimum atomic E-state index is 0.414. The van der Waals surface area contributed by atoms with Crippen LogP contribution in [-0.4, -0.2) is 16.5 Å². The van der Waals surface area contributed by atoms with Gasteiger partial charge in [0.15, 0.2) is 0 Å². The van der Waals surface area contributed by atoms with Gasteiger partial charge in [0.05, 0.1) is 0 Å². The Bertz CT molecular complexity index is 589. The van der Waals surface area contributed by atoms with Gasteiger partial charge in [0.2, 0.25) is 11.8 Å².